The van der Waals surface area contributed by atoms with Crippen LogP contribution in [0, 0.1) is 0 Å². The van der Waals surface area contributed by atoms with E-state index in [4.69, 9.17) is 0 Å². The topological polar surface area (TPSA) is 65.5 Å². The van der Waals surface area contributed by atoms with Crippen LogP contribution in [0.3, 0.4) is 0 Å². The summed E-state index contributed by atoms with van der Waals surface area (Å²) < 4.78 is 28.0. The fourth-order valence-corrected chi connectivity index (χ4v) is 4.80. The Balaban J connectivity index is 1.67. The van der Waals surface area contributed by atoms with E-state index in [-0.39, 0.29) is 4.90 Å². The summed E-state index contributed by atoms with van der Waals surface area (Å²) in [6.07, 6.45) is 2.76. The minimum atomic E-state index is -3.63. The molecule has 0 bridgehead atoms. The Bertz CT molecular complexity index is 895. The average Bonchev–Trinajstić information content (AvgIpc) is 2.69. The predicted octanol–water partition coefficient (Wildman–Crippen LogP) is 3.93. The number of anilines is 2. The molecule has 29 heavy (non-hydrogen) atoms. The molecule has 1 aliphatic heterocycles. The molecule has 1 aromatic carbocycles. The number of rotatable bonds is 7. The molecule has 2 aromatic rings. The van der Waals surface area contributed by atoms with Crippen LogP contribution in [0.25, 0.3) is 0 Å². The van der Waals surface area contributed by atoms with E-state index in [2.05, 4.69) is 47.2 Å². The maximum absolute atomic E-state index is 12.7. The summed E-state index contributed by atoms with van der Waals surface area (Å²) in [4.78, 5) is 9.54. The first kappa shape index (κ1) is 21.6. The highest BCUT2D eigenvalue weighted by molar-refractivity contribution is 7.92. The smallest absolute Gasteiger partial charge is 0.261 e. The fraction of sp³-hybridized carbons (Fsp3) is 0.500. The third kappa shape index (κ3) is 5.28. The summed E-state index contributed by atoms with van der Waals surface area (Å²) in [5, 5.41) is 0. The van der Waals surface area contributed by atoms with Crippen molar-refractivity contribution in [3.05, 3.63) is 48.2 Å². The number of hydrogen-bond donors (Lipinski definition) is 1. The first-order valence-corrected chi connectivity index (χ1v) is 11.9. The van der Waals surface area contributed by atoms with Gasteiger partial charge in [-0.25, -0.2) is 13.4 Å². The zero-order chi connectivity index (χ0) is 21.0. The minimum Gasteiger partial charge on any atom is -0.351 e. The van der Waals surface area contributed by atoms with E-state index < -0.39 is 10.0 Å². The lowest BCUT2D eigenvalue weighted by molar-refractivity contribution is 0.228. The summed E-state index contributed by atoms with van der Waals surface area (Å²) in [6.45, 7) is 12.7. The van der Waals surface area contributed by atoms with Gasteiger partial charge in [-0.1, -0.05) is 32.9 Å². The number of nitrogens with one attached hydrogen (secondary N) is 1. The van der Waals surface area contributed by atoms with Crippen LogP contribution in [0.4, 0.5) is 11.5 Å². The highest BCUT2D eigenvalue weighted by Crippen LogP contribution is 2.23. The van der Waals surface area contributed by atoms with E-state index in [0.717, 1.165) is 37.6 Å². The van der Waals surface area contributed by atoms with Gasteiger partial charge in [0.05, 0.1) is 16.8 Å². The molecule has 0 spiro atoms. The number of aromatic nitrogens is 1. The van der Waals surface area contributed by atoms with Gasteiger partial charge in [0.15, 0.2) is 0 Å². The second-order valence-corrected chi connectivity index (χ2v) is 9.76. The molecule has 1 atom stereocenters. The molecule has 0 amide bonds. The summed E-state index contributed by atoms with van der Waals surface area (Å²) in [7, 11) is -3.63. The van der Waals surface area contributed by atoms with Gasteiger partial charge >= 0.3 is 0 Å². The molecule has 1 N–H and O–H groups in total. The maximum Gasteiger partial charge on any atom is 0.261 e. The van der Waals surface area contributed by atoms with Crippen molar-refractivity contribution >= 4 is 21.5 Å². The van der Waals surface area contributed by atoms with Crippen molar-refractivity contribution in [1.29, 1.82) is 0 Å². The van der Waals surface area contributed by atoms with Gasteiger partial charge in [0.25, 0.3) is 10.0 Å². The summed E-state index contributed by atoms with van der Waals surface area (Å²) in [5.74, 6) is 1.25. The molecular weight excluding hydrogens is 384 g/mol. The molecule has 1 aliphatic rings. The Morgan fingerprint density at radius 2 is 1.86 bits per heavy atom. The van der Waals surface area contributed by atoms with Crippen LogP contribution < -0.4 is 9.62 Å². The van der Waals surface area contributed by atoms with Crippen LogP contribution in [0.2, 0.25) is 0 Å². The molecule has 0 saturated carbocycles. The molecule has 0 aliphatic carbocycles. The van der Waals surface area contributed by atoms with Gasteiger partial charge in [0, 0.05) is 25.7 Å². The molecule has 1 aromatic heterocycles. The SMILES string of the molecule is CCCN1CCN(c2ccc(NS(=O)(=O)c3ccc(C(C)C)cc3)cn2)C(C)C1. The molecular formula is C22H32N4O2S. The van der Waals surface area contributed by atoms with Crippen molar-refractivity contribution in [3.8, 4) is 0 Å². The van der Waals surface area contributed by atoms with Crippen LogP contribution >= 0.6 is 0 Å². The lowest BCUT2D eigenvalue weighted by atomic mass is 10.0. The first-order valence-electron chi connectivity index (χ1n) is 10.4. The van der Waals surface area contributed by atoms with E-state index in [1.54, 1.807) is 24.4 Å². The van der Waals surface area contributed by atoms with Crippen molar-refractivity contribution < 1.29 is 8.42 Å². The maximum atomic E-state index is 12.7. The molecule has 1 fully saturated rings. The Labute approximate surface area is 175 Å². The zero-order valence-corrected chi connectivity index (χ0v) is 18.6. The van der Waals surface area contributed by atoms with Crippen LogP contribution in [-0.2, 0) is 10.0 Å². The van der Waals surface area contributed by atoms with Gasteiger partial charge in [0.2, 0.25) is 0 Å². The zero-order valence-electron chi connectivity index (χ0n) is 17.8. The number of sulfonamides is 1. The van der Waals surface area contributed by atoms with Crippen molar-refractivity contribution in [1.82, 2.24) is 9.88 Å². The van der Waals surface area contributed by atoms with Gasteiger partial charge in [-0.2, -0.15) is 0 Å². The second kappa shape index (κ2) is 9.13. The van der Waals surface area contributed by atoms with Gasteiger partial charge in [-0.15, -0.1) is 0 Å². The normalized spacial score (nSPS) is 18.2. The number of piperazine rings is 1. The Morgan fingerprint density at radius 1 is 1.14 bits per heavy atom. The van der Waals surface area contributed by atoms with Crippen LogP contribution in [0.1, 0.15) is 45.6 Å². The highest BCUT2D eigenvalue weighted by atomic mass is 32.2. The van der Waals surface area contributed by atoms with Crippen LogP contribution in [0.15, 0.2) is 47.5 Å². The van der Waals surface area contributed by atoms with E-state index in [1.165, 1.54) is 6.42 Å². The molecule has 2 heterocycles. The van der Waals surface area contributed by atoms with Gasteiger partial charge < -0.3 is 4.90 Å². The van der Waals surface area contributed by atoms with E-state index in [0.29, 0.717) is 17.6 Å². The largest absolute Gasteiger partial charge is 0.351 e. The Hall–Kier alpha value is -2.12. The molecule has 1 unspecified atom stereocenters. The molecule has 0 radical (unpaired) electrons. The first-order chi connectivity index (χ1) is 13.8. The molecule has 7 heteroatoms. The Kier molecular flexibility index (Phi) is 6.80. The standard InChI is InChI=1S/C22H32N4O2S/c1-5-12-25-13-14-26(18(4)16-25)22-11-8-20(15-23-22)24-29(27,28)21-9-6-19(7-10-21)17(2)3/h6-11,15,17-18,24H,5,12-14,16H2,1-4H3. The highest BCUT2D eigenvalue weighted by Gasteiger charge is 2.24. The fourth-order valence-electron chi connectivity index (χ4n) is 3.76. The minimum absolute atomic E-state index is 0.256. The third-order valence-corrected chi connectivity index (χ3v) is 6.80. The van der Waals surface area contributed by atoms with Crippen molar-refractivity contribution in [2.24, 2.45) is 0 Å². The number of pyridine rings is 1. The quantitative estimate of drug-likeness (QED) is 0.741. The van der Waals surface area contributed by atoms with E-state index in [1.807, 2.05) is 18.2 Å². The lowest BCUT2D eigenvalue weighted by Crippen LogP contribution is -2.52. The van der Waals surface area contributed by atoms with Crippen LogP contribution in [-0.4, -0.2) is 50.5 Å². The van der Waals surface area contributed by atoms with Gasteiger partial charge in [0.1, 0.15) is 5.82 Å². The van der Waals surface area contributed by atoms with Crippen LogP contribution in [0.5, 0.6) is 0 Å². The lowest BCUT2D eigenvalue weighted by Gasteiger charge is -2.40. The molecule has 1 saturated heterocycles. The Morgan fingerprint density at radius 3 is 2.41 bits per heavy atom. The number of hydrogen-bond acceptors (Lipinski definition) is 5. The number of benzene rings is 1. The van der Waals surface area contributed by atoms with Crippen molar-refractivity contribution in [3.63, 3.8) is 0 Å². The second-order valence-electron chi connectivity index (χ2n) is 8.08. The number of nitrogens with zero attached hydrogens (tertiary/aromatic N) is 3. The van der Waals surface area contributed by atoms with E-state index >= 15 is 0 Å². The molecule has 6 nitrogen and oxygen atoms in total. The van der Waals surface area contributed by atoms with E-state index in [9.17, 15) is 8.42 Å². The molecule has 3 rings (SSSR count). The van der Waals surface area contributed by atoms with Gasteiger partial charge in [-0.05, 0) is 55.6 Å². The third-order valence-electron chi connectivity index (χ3n) is 5.40. The summed E-state index contributed by atoms with van der Waals surface area (Å²) in [5.41, 5.74) is 1.59. The average molecular weight is 417 g/mol. The van der Waals surface area contributed by atoms with Crippen molar-refractivity contribution in [2.75, 3.05) is 35.8 Å². The monoisotopic (exact) mass is 416 g/mol. The van der Waals surface area contributed by atoms with Gasteiger partial charge in [-0.3, -0.25) is 9.62 Å². The summed E-state index contributed by atoms with van der Waals surface area (Å²) >= 11 is 0. The van der Waals surface area contributed by atoms with Crippen molar-refractivity contribution in [2.45, 2.75) is 51.0 Å². The molecule has 158 valence electrons. The predicted molar refractivity (Wildman–Crippen MR) is 119 cm³/mol. The summed E-state index contributed by atoms with van der Waals surface area (Å²) in [6, 6.07) is 11.1.